The molecule has 0 bridgehead atoms. The Hall–Kier alpha value is -3.86. The van der Waals surface area contributed by atoms with Crippen molar-refractivity contribution in [1.29, 1.82) is 0 Å². The Balaban J connectivity index is 1.42. The van der Waals surface area contributed by atoms with Crippen LogP contribution < -0.4 is 15.5 Å². The third-order valence-corrected chi connectivity index (χ3v) is 6.41. The fourth-order valence-electron chi connectivity index (χ4n) is 4.54. The van der Waals surface area contributed by atoms with Gasteiger partial charge in [0.1, 0.15) is 11.6 Å². The zero-order valence-corrected chi connectivity index (χ0v) is 19.3. The minimum atomic E-state index is -4.59. The molecule has 0 unspecified atom stereocenters. The molecule has 0 aromatic carbocycles. The molecular weight excluding hydrogens is 469 g/mol. The van der Waals surface area contributed by atoms with Crippen LogP contribution in [0.2, 0.25) is 0 Å². The van der Waals surface area contributed by atoms with Crippen LogP contribution >= 0.6 is 0 Å². The first-order valence-electron chi connectivity index (χ1n) is 11.8. The van der Waals surface area contributed by atoms with Gasteiger partial charge in [0, 0.05) is 55.7 Å². The zero-order valence-electron chi connectivity index (χ0n) is 19.3. The number of nitrogens with zero attached hydrogens (tertiary/aromatic N) is 6. The summed E-state index contributed by atoms with van der Waals surface area (Å²) in [4.78, 5) is 24.2. The first-order valence-corrected chi connectivity index (χ1v) is 11.8. The van der Waals surface area contributed by atoms with E-state index >= 15 is 0 Å². The van der Waals surface area contributed by atoms with Crippen molar-refractivity contribution in [2.45, 2.75) is 24.9 Å². The van der Waals surface area contributed by atoms with Crippen molar-refractivity contribution in [3.63, 3.8) is 0 Å². The van der Waals surface area contributed by atoms with E-state index in [4.69, 9.17) is 9.97 Å². The van der Waals surface area contributed by atoms with Crippen molar-refractivity contribution < 1.29 is 13.2 Å². The molecule has 1 aliphatic carbocycles. The van der Waals surface area contributed by atoms with Gasteiger partial charge in [0.15, 0.2) is 11.5 Å². The number of hydrogen-bond acceptors (Lipinski definition) is 8. The van der Waals surface area contributed by atoms with E-state index in [0.717, 1.165) is 61.9 Å². The van der Waals surface area contributed by atoms with Crippen LogP contribution in [-0.4, -0.2) is 51.1 Å². The van der Waals surface area contributed by atoms with E-state index in [9.17, 15) is 13.2 Å². The zero-order chi connectivity index (χ0) is 24.7. The van der Waals surface area contributed by atoms with Gasteiger partial charge in [-0.05, 0) is 48.6 Å². The SMILES string of the molecule is FC(F)(F)c1ncccc1Nc1cc(-c2nc(N3CCNCC3)c3c(C4CC4)cncc3n2)ccn1. The second kappa shape index (κ2) is 8.98. The lowest BCUT2D eigenvalue weighted by Crippen LogP contribution is -2.44. The van der Waals surface area contributed by atoms with Crippen LogP contribution in [0.15, 0.2) is 49.1 Å². The fourth-order valence-corrected chi connectivity index (χ4v) is 4.54. The first kappa shape index (κ1) is 22.6. The molecule has 0 atom stereocenters. The van der Waals surface area contributed by atoms with Gasteiger partial charge in [-0.3, -0.25) is 4.98 Å². The van der Waals surface area contributed by atoms with Crippen LogP contribution in [0.1, 0.15) is 30.0 Å². The van der Waals surface area contributed by atoms with Crippen LogP contribution in [0.5, 0.6) is 0 Å². The Morgan fingerprint density at radius 2 is 1.83 bits per heavy atom. The summed E-state index contributed by atoms with van der Waals surface area (Å²) < 4.78 is 40.2. The molecule has 1 saturated carbocycles. The van der Waals surface area contributed by atoms with Gasteiger partial charge in [-0.25, -0.2) is 19.9 Å². The highest BCUT2D eigenvalue weighted by atomic mass is 19.4. The molecule has 8 nitrogen and oxygen atoms in total. The highest BCUT2D eigenvalue weighted by molar-refractivity contribution is 5.94. The summed E-state index contributed by atoms with van der Waals surface area (Å²) in [7, 11) is 0. The Kier molecular flexibility index (Phi) is 5.63. The van der Waals surface area contributed by atoms with Crippen LogP contribution in [0.4, 0.5) is 30.5 Å². The third kappa shape index (κ3) is 4.41. The molecule has 4 aromatic heterocycles. The number of pyridine rings is 3. The molecule has 0 radical (unpaired) electrons. The lowest BCUT2D eigenvalue weighted by molar-refractivity contribution is -0.140. The van der Waals surface area contributed by atoms with Crippen molar-refractivity contribution in [2.75, 3.05) is 36.4 Å². The second-order valence-electron chi connectivity index (χ2n) is 8.96. The standard InChI is InChI=1S/C25H23F3N8/c26-25(27,28)22-18(2-1-6-32-22)33-20-12-16(5-7-31-20)23-34-19-14-30-13-17(15-3-4-15)21(19)24(35-23)36-10-8-29-9-11-36/h1-2,5-7,12-15,29H,3-4,8-11H2,(H,31,33). The molecule has 184 valence electrons. The minimum Gasteiger partial charge on any atom is -0.353 e. The number of piperazine rings is 1. The van der Waals surface area contributed by atoms with Gasteiger partial charge in [-0.2, -0.15) is 13.2 Å². The highest BCUT2D eigenvalue weighted by Gasteiger charge is 2.35. The number of rotatable bonds is 5. The van der Waals surface area contributed by atoms with Gasteiger partial charge in [0.2, 0.25) is 0 Å². The monoisotopic (exact) mass is 492 g/mol. The van der Waals surface area contributed by atoms with Crippen molar-refractivity contribution in [2.24, 2.45) is 0 Å². The van der Waals surface area contributed by atoms with E-state index in [0.29, 0.717) is 17.3 Å². The van der Waals surface area contributed by atoms with E-state index in [1.807, 2.05) is 6.20 Å². The van der Waals surface area contributed by atoms with Gasteiger partial charge in [0.25, 0.3) is 0 Å². The third-order valence-electron chi connectivity index (χ3n) is 6.41. The fraction of sp³-hybridized carbons (Fsp3) is 0.320. The highest BCUT2D eigenvalue weighted by Crippen LogP contribution is 2.45. The van der Waals surface area contributed by atoms with Gasteiger partial charge in [-0.1, -0.05) is 0 Å². The molecule has 0 spiro atoms. The van der Waals surface area contributed by atoms with E-state index in [-0.39, 0.29) is 11.5 Å². The summed E-state index contributed by atoms with van der Waals surface area (Å²) in [5, 5.41) is 7.17. The first-order chi connectivity index (χ1) is 17.5. The van der Waals surface area contributed by atoms with Crippen LogP contribution in [0.25, 0.3) is 22.3 Å². The number of hydrogen-bond donors (Lipinski definition) is 2. The van der Waals surface area contributed by atoms with E-state index in [1.165, 1.54) is 23.9 Å². The molecule has 2 N–H and O–H groups in total. The largest absolute Gasteiger partial charge is 0.435 e. The number of alkyl halides is 3. The van der Waals surface area contributed by atoms with E-state index in [1.54, 1.807) is 18.3 Å². The van der Waals surface area contributed by atoms with Gasteiger partial charge < -0.3 is 15.5 Å². The summed E-state index contributed by atoms with van der Waals surface area (Å²) in [5.41, 5.74) is 1.41. The quantitative estimate of drug-likeness (QED) is 0.420. The van der Waals surface area contributed by atoms with Crippen molar-refractivity contribution in [1.82, 2.24) is 30.2 Å². The summed E-state index contributed by atoms with van der Waals surface area (Å²) in [6.45, 7) is 3.37. The van der Waals surface area contributed by atoms with Crippen LogP contribution in [0.3, 0.4) is 0 Å². The molecule has 1 saturated heterocycles. The summed E-state index contributed by atoms with van der Waals surface area (Å²) >= 11 is 0. The maximum absolute atomic E-state index is 13.4. The predicted octanol–water partition coefficient (Wildman–Crippen LogP) is 4.53. The Morgan fingerprint density at radius 3 is 2.61 bits per heavy atom. The molecule has 6 rings (SSSR count). The minimum absolute atomic E-state index is 0.172. The number of aromatic nitrogens is 5. The average Bonchev–Trinajstić information content (AvgIpc) is 3.74. The van der Waals surface area contributed by atoms with Gasteiger partial charge >= 0.3 is 6.18 Å². The molecule has 11 heteroatoms. The molecule has 2 fully saturated rings. The van der Waals surface area contributed by atoms with Gasteiger partial charge in [-0.15, -0.1) is 0 Å². The van der Waals surface area contributed by atoms with Crippen LogP contribution in [0, 0.1) is 0 Å². The van der Waals surface area contributed by atoms with Crippen molar-refractivity contribution in [3.05, 3.63) is 60.3 Å². The molecular formula is C25H23F3N8. The maximum Gasteiger partial charge on any atom is 0.435 e. The van der Waals surface area contributed by atoms with E-state index < -0.39 is 11.9 Å². The second-order valence-corrected chi connectivity index (χ2v) is 8.96. The number of anilines is 3. The Morgan fingerprint density at radius 1 is 1.00 bits per heavy atom. The Labute approximate surface area is 205 Å². The smallest absolute Gasteiger partial charge is 0.353 e. The molecule has 0 amide bonds. The maximum atomic E-state index is 13.4. The molecule has 2 aliphatic rings. The van der Waals surface area contributed by atoms with E-state index in [2.05, 4.69) is 30.5 Å². The summed E-state index contributed by atoms with van der Waals surface area (Å²) in [5.74, 6) is 2.07. The summed E-state index contributed by atoms with van der Waals surface area (Å²) in [6, 6.07) is 6.16. The Bertz CT molecular complexity index is 1410. The lowest BCUT2D eigenvalue weighted by atomic mass is 10.1. The number of halogens is 3. The summed E-state index contributed by atoms with van der Waals surface area (Å²) in [6.07, 6.45) is 4.00. The number of fused-ring (bicyclic) bond motifs is 1. The van der Waals surface area contributed by atoms with Crippen molar-refractivity contribution >= 4 is 28.2 Å². The predicted molar refractivity (Wildman–Crippen MR) is 130 cm³/mol. The lowest BCUT2D eigenvalue weighted by Gasteiger charge is -2.30. The van der Waals surface area contributed by atoms with Crippen molar-refractivity contribution in [3.8, 4) is 11.4 Å². The van der Waals surface area contributed by atoms with Crippen LogP contribution in [-0.2, 0) is 6.18 Å². The number of nitrogens with one attached hydrogen (secondary N) is 2. The average molecular weight is 493 g/mol. The normalized spacial score (nSPS) is 16.4. The molecule has 4 aromatic rings. The van der Waals surface area contributed by atoms with Gasteiger partial charge in [0.05, 0.1) is 17.4 Å². The molecule has 5 heterocycles. The topological polar surface area (TPSA) is 91.8 Å². The molecule has 36 heavy (non-hydrogen) atoms. The molecule has 1 aliphatic heterocycles.